The minimum absolute atomic E-state index is 0.406. The van der Waals surface area contributed by atoms with Crippen LogP contribution in [0.3, 0.4) is 0 Å². The molecule has 1 unspecified atom stereocenters. The van der Waals surface area contributed by atoms with Crippen LogP contribution in [0.15, 0.2) is 54.6 Å². The summed E-state index contributed by atoms with van der Waals surface area (Å²) in [4.78, 5) is 0. The average molecular weight is 255 g/mol. The minimum atomic E-state index is 0.406. The molecule has 0 aliphatic rings. The molecule has 0 amide bonds. The third-order valence-electron chi connectivity index (χ3n) is 3.38. The molecule has 2 nitrogen and oxygen atoms in total. The first-order chi connectivity index (χ1) is 9.35. The van der Waals surface area contributed by atoms with Crippen LogP contribution in [0.5, 0.6) is 5.75 Å². The van der Waals surface area contributed by atoms with Gasteiger partial charge in [-0.25, -0.2) is 0 Å². The summed E-state index contributed by atoms with van der Waals surface area (Å²) in [6, 6.07) is 19.0. The highest BCUT2D eigenvalue weighted by Crippen LogP contribution is 2.29. The van der Waals surface area contributed by atoms with E-state index >= 15 is 0 Å². The summed E-state index contributed by atoms with van der Waals surface area (Å²) < 4.78 is 5.33. The van der Waals surface area contributed by atoms with Crippen molar-refractivity contribution in [1.82, 2.24) is 5.32 Å². The van der Waals surface area contributed by atoms with E-state index in [1.165, 1.54) is 11.1 Å². The van der Waals surface area contributed by atoms with Crippen molar-refractivity contribution in [2.24, 2.45) is 0 Å². The average Bonchev–Trinajstić information content (AvgIpc) is 2.49. The molecule has 1 atom stereocenters. The van der Waals surface area contributed by atoms with Crippen LogP contribution in [0.25, 0.3) is 0 Å². The second-order valence-corrected chi connectivity index (χ2v) is 4.63. The summed E-state index contributed by atoms with van der Waals surface area (Å²) in [7, 11) is 3.71. The number of methoxy groups -OCH3 is 1. The molecule has 0 heterocycles. The van der Waals surface area contributed by atoms with Gasteiger partial charge in [0.1, 0.15) is 5.75 Å². The first kappa shape index (κ1) is 13.6. The minimum Gasteiger partial charge on any atom is -0.497 e. The molecule has 19 heavy (non-hydrogen) atoms. The van der Waals surface area contributed by atoms with Gasteiger partial charge in [0.2, 0.25) is 0 Å². The monoisotopic (exact) mass is 255 g/mol. The lowest BCUT2D eigenvalue weighted by Crippen LogP contribution is -2.13. The van der Waals surface area contributed by atoms with Gasteiger partial charge in [0.15, 0.2) is 0 Å². The van der Waals surface area contributed by atoms with Gasteiger partial charge >= 0.3 is 0 Å². The lowest BCUT2D eigenvalue weighted by atomic mass is 9.88. The van der Waals surface area contributed by atoms with Gasteiger partial charge in [-0.1, -0.05) is 42.5 Å². The standard InChI is InChI=1S/C17H21NO/c1-18-12-11-17(14-7-4-3-5-8-14)15-9-6-10-16(13-15)19-2/h3-10,13,17-18H,11-12H2,1-2H3. The third-order valence-corrected chi connectivity index (χ3v) is 3.38. The van der Waals surface area contributed by atoms with Crippen molar-refractivity contribution in [2.45, 2.75) is 12.3 Å². The van der Waals surface area contributed by atoms with E-state index in [1.807, 2.05) is 13.1 Å². The Morgan fingerprint density at radius 3 is 2.42 bits per heavy atom. The highest BCUT2D eigenvalue weighted by molar-refractivity contribution is 5.37. The van der Waals surface area contributed by atoms with Crippen molar-refractivity contribution in [3.05, 3.63) is 65.7 Å². The molecule has 0 saturated carbocycles. The van der Waals surface area contributed by atoms with E-state index < -0.39 is 0 Å². The summed E-state index contributed by atoms with van der Waals surface area (Å²) in [5.41, 5.74) is 2.66. The van der Waals surface area contributed by atoms with Crippen LogP contribution >= 0.6 is 0 Å². The van der Waals surface area contributed by atoms with Gasteiger partial charge in [0, 0.05) is 5.92 Å². The smallest absolute Gasteiger partial charge is 0.119 e. The SMILES string of the molecule is CNCCC(c1ccccc1)c1cccc(OC)c1. The van der Waals surface area contributed by atoms with Crippen LogP contribution in [0, 0.1) is 0 Å². The van der Waals surface area contributed by atoms with Gasteiger partial charge in [-0.15, -0.1) is 0 Å². The molecule has 2 heteroatoms. The Bertz CT molecular complexity index is 496. The first-order valence-electron chi connectivity index (χ1n) is 6.68. The number of ether oxygens (including phenoxy) is 1. The third kappa shape index (κ3) is 3.58. The number of rotatable bonds is 6. The normalized spacial score (nSPS) is 12.1. The van der Waals surface area contributed by atoms with Gasteiger partial charge in [0.25, 0.3) is 0 Å². The van der Waals surface area contributed by atoms with Gasteiger partial charge in [-0.05, 0) is 43.3 Å². The number of nitrogens with one attached hydrogen (secondary N) is 1. The quantitative estimate of drug-likeness (QED) is 0.853. The van der Waals surface area contributed by atoms with E-state index in [1.54, 1.807) is 7.11 Å². The fourth-order valence-corrected chi connectivity index (χ4v) is 2.36. The van der Waals surface area contributed by atoms with Gasteiger partial charge < -0.3 is 10.1 Å². The van der Waals surface area contributed by atoms with Gasteiger partial charge in [0.05, 0.1) is 7.11 Å². The lowest BCUT2D eigenvalue weighted by molar-refractivity contribution is 0.414. The molecule has 1 N–H and O–H groups in total. The molecule has 0 radical (unpaired) electrons. The van der Waals surface area contributed by atoms with Crippen LogP contribution in [0.2, 0.25) is 0 Å². The predicted octanol–water partition coefficient (Wildman–Crippen LogP) is 3.44. The molecule has 2 aromatic carbocycles. The van der Waals surface area contributed by atoms with Crippen molar-refractivity contribution in [3.8, 4) is 5.75 Å². The van der Waals surface area contributed by atoms with Gasteiger partial charge in [-0.2, -0.15) is 0 Å². The van der Waals surface area contributed by atoms with E-state index in [4.69, 9.17) is 4.74 Å². The highest BCUT2D eigenvalue weighted by atomic mass is 16.5. The Kier molecular flexibility index (Phi) is 4.99. The van der Waals surface area contributed by atoms with E-state index in [2.05, 4.69) is 53.8 Å². The Morgan fingerprint density at radius 2 is 1.74 bits per heavy atom. The first-order valence-corrected chi connectivity index (χ1v) is 6.68. The molecule has 2 aromatic rings. The molecule has 0 aliphatic carbocycles. The van der Waals surface area contributed by atoms with Crippen molar-refractivity contribution in [3.63, 3.8) is 0 Å². The Balaban J connectivity index is 2.31. The fourth-order valence-electron chi connectivity index (χ4n) is 2.36. The topological polar surface area (TPSA) is 21.3 Å². The number of hydrogen-bond donors (Lipinski definition) is 1. The summed E-state index contributed by atoms with van der Waals surface area (Å²) in [5, 5.41) is 3.24. The fraction of sp³-hybridized carbons (Fsp3) is 0.294. The van der Waals surface area contributed by atoms with Crippen molar-refractivity contribution in [2.75, 3.05) is 20.7 Å². The van der Waals surface area contributed by atoms with Gasteiger partial charge in [-0.3, -0.25) is 0 Å². The van der Waals surface area contributed by atoms with E-state index in [0.717, 1.165) is 18.7 Å². The van der Waals surface area contributed by atoms with E-state index in [0.29, 0.717) is 5.92 Å². The zero-order chi connectivity index (χ0) is 13.5. The zero-order valence-electron chi connectivity index (χ0n) is 11.6. The second kappa shape index (κ2) is 6.95. The summed E-state index contributed by atoms with van der Waals surface area (Å²) in [5.74, 6) is 1.33. The summed E-state index contributed by atoms with van der Waals surface area (Å²) in [6.07, 6.45) is 1.08. The lowest BCUT2D eigenvalue weighted by Gasteiger charge is -2.18. The zero-order valence-corrected chi connectivity index (χ0v) is 11.6. The highest BCUT2D eigenvalue weighted by Gasteiger charge is 2.13. The molecule has 0 aliphatic heterocycles. The predicted molar refractivity (Wildman–Crippen MR) is 79.8 cm³/mol. The maximum atomic E-state index is 5.33. The summed E-state index contributed by atoms with van der Waals surface area (Å²) >= 11 is 0. The van der Waals surface area contributed by atoms with Crippen LogP contribution in [-0.2, 0) is 0 Å². The van der Waals surface area contributed by atoms with Crippen LogP contribution < -0.4 is 10.1 Å². The maximum absolute atomic E-state index is 5.33. The number of hydrogen-bond acceptors (Lipinski definition) is 2. The van der Waals surface area contributed by atoms with E-state index in [9.17, 15) is 0 Å². The maximum Gasteiger partial charge on any atom is 0.119 e. The van der Waals surface area contributed by atoms with E-state index in [-0.39, 0.29) is 0 Å². The Labute approximate surface area is 115 Å². The van der Waals surface area contributed by atoms with Crippen LogP contribution in [-0.4, -0.2) is 20.7 Å². The van der Waals surface area contributed by atoms with Crippen LogP contribution in [0.1, 0.15) is 23.5 Å². The van der Waals surface area contributed by atoms with Crippen molar-refractivity contribution in [1.29, 1.82) is 0 Å². The molecular formula is C17H21NO. The molecule has 0 fully saturated rings. The van der Waals surface area contributed by atoms with Crippen molar-refractivity contribution >= 4 is 0 Å². The molecule has 0 aromatic heterocycles. The second-order valence-electron chi connectivity index (χ2n) is 4.63. The number of benzene rings is 2. The van der Waals surface area contributed by atoms with Crippen molar-refractivity contribution < 1.29 is 4.74 Å². The molecule has 0 saturated heterocycles. The molecular weight excluding hydrogens is 234 g/mol. The van der Waals surface area contributed by atoms with Crippen LogP contribution in [0.4, 0.5) is 0 Å². The Hall–Kier alpha value is -1.80. The molecule has 100 valence electrons. The largest absolute Gasteiger partial charge is 0.497 e. The molecule has 0 bridgehead atoms. The summed E-state index contributed by atoms with van der Waals surface area (Å²) in [6.45, 7) is 0.997. The molecule has 0 spiro atoms. The Morgan fingerprint density at radius 1 is 1.00 bits per heavy atom. The molecule has 2 rings (SSSR count).